The first-order valence-corrected chi connectivity index (χ1v) is 8.88. The van der Waals surface area contributed by atoms with E-state index in [2.05, 4.69) is 63.8 Å². The van der Waals surface area contributed by atoms with E-state index in [0.717, 1.165) is 17.5 Å². The third kappa shape index (κ3) is 3.65. The van der Waals surface area contributed by atoms with Crippen LogP contribution in [0.25, 0.3) is 0 Å². The molecule has 0 bridgehead atoms. The quantitative estimate of drug-likeness (QED) is 0.877. The summed E-state index contributed by atoms with van der Waals surface area (Å²) in [7, 11) is 0. The molecule has 5 heteroatoms. The molecular formula is C17H24N4S. The summed E-state index contributed by atoms with van der Waals surface area (Å²) in [4.78, 5) is 7.16. The van der Waals surface area contributed by atoms with Crippen molar-refractivity contribution < 1.29 is 0 Å². The topological polar surface area (TPSA) is 41.1 Å². The van der Waals surface area contributed by atoms with Gasteiger partial charge < -0.3 is 5.32 Å². The number of anilines is 1. The van der Waals surface area contributed by atoms with Crippen LogP contribution in [0, 0.1) is 0 Å². The number of hydrogen-bond donors (Lipinski definition) is 1. The third-order valence-corrected chi connectivity index (χ3v) is 4.86. The second kappa shape index (κ2) is 7.20. The van der Waals surface area contributed by atoms with Gasteiger partial charge in [-0.3, -0.25) is 4.90 Å². The first-order chi connectivity index (χ1) is 10.7. The molecular weight excluding hydrogens is 292 g/mol. The smallest absolute Gasteiger partial charge is 0.202 e. The Morgan fingerprint density at radius 2 is 1.91 bits per heavy atom. The molecule has 0 saturated carbocycles. The SMILES string of the molecule is CC(C)c1nsc(NCC(c2ccccc2)N2CCCC2)n1. The van der Waals surface area contributed by atoms with Gasteiger partial charge in [0.15, 0.2) is 0 Å². The number of nitrogens with zero attached hydrogens (tertiary/aromatic N) is 3. The molecule has 22 heavy (non-hydrogen) atoms. The summed E-state index contributed by atoms with van der Waals surface area (Å²) in [5, 5.41) is 4.43. The average molecular weight is 316 g/mol. The minimum atomic E-state index is 0.385. The van der Waals surface area contributed by atoms with Crippen molar-refractivity contribution in [1.29, 1.82) is 0 Å². The zero-order chi connectivity index (χ0) is 15.4. The van der Waals surface area contributed by atoms with E-state index in [4.69, 9.17) is 0 Å². The molecule has 1 aromatic carbocycles. The van der Waals surface area contributed by atoms with E-state index in [1.165, 1.54) is 43.0 Å². The summed E-state index contributed by atoms with van der Waals surface area (Å²) in [6.45, 7) is 7.52. The van der Waals surface area contributed by atoms with Gasteiger partial charge in [-0.15, -0.1) is 0 Å². The first-order valence-electron chi connectivity index (χ1n) is 8.10. The maximum Gasteiger partial charge on any atom is 0.202 e. The van der Waals surface area contributed by atoms with Crippen LogP contribution in [0.15, 0.2) is 30.3 Å². The van der Waals surface area contributed by atoms with Crippen molar-refractivity contribution in [3.05, 3.63) is 41.7 Å². The van der Waals surface area contributed by atoms with Gasteiger partial charge in [0.05, 0.1) is 6.04 Å². The molecule has 1 aliphatic rings. The lowest BCUT2D eigenvalue weighted by atomic mass is 10.1. The highest BCUT2D eigenvalue weighted by Crippen LogP contribution is 2.26. The number of hydrogen-bond acceptors (Lipinski definition) is 5. The van der Waals surface area contributed by atoms with Crippen LogP contribution in [-0.2, 0) is 0 Å². The fourth-order valence-corrected chi connectivity index (χ4v) is 3.63. The minimum absolute atomic E-state index is 0.385. The highest BCUT2D eigenvalue weighted by molar-refractivity contribution is 7.09. The molecule has 3 rings (SSSR count). The predicted molar refractivity (Wildman–Crippen MR) is 92.5 cm³/mol. The van der Waals surface area contributed by atoms with Gasteiger partial charge in [-0.25, -0.2) is 4.98 Å². The van der Waals surface area contributed by atoms with Crippen LogP contribution in [-0.4, -0.2) is 33.9 Å². The normalized spacial score (nSPS) is 17.0. The standard InChI is InChI=1S/C17H24N4S/c1-13(2)16-19-17(22-20-16)18-12-15(21-10-6-7-11-21)14-8-4-3-5-9-14/h3-5,8-9,13,15H,6-7,10-12H2,1-2H3,(H,18,19,20). The van der Waals surface area contributed by atoms with Gasteiger partial charge in [-0.05, 0) is 31.5 Å². The van der Waals surface area contributed by atoms with Crippen LogP contribution in [0.3, 0.4) is 0 Å². The van der Waals surface area contributed by atoms with E-state index < -0.39 is 0 Å². The Bertz CT molecular complexity index is 575. The van der Waals surface area contributed by atoms with Crippen molar-refractivity contribution in [2.24, 2.45) is 0 Å². The monoisotopic (exact) mass is 316 g/mol. The van der Waals surface area contributed by atoms with Crippen LogP contribution >= 0.6 is 11.5 Å². The third-order valence-electron chi connectivity index (χ3n) is 4.17. The van der Waals surface area contributed by atoms with E-state index in [1.807, 2.05) is 0 Å². The molecule has 1 aromatic heterocycles. The molecule has 4 nitrogen and oxygen atoms in total. The molecule has 118 valence electrons. The van der Waals surface area contributed by atoms with Crippen LogP contribution in [0.4, 0.5) is 5.13 Å². The van der Waals surface area contributed by atoms with Crippen molar-refractivity contribution in [2.45, 2.75) is 38.6 Å². The Kier molecular flexibility index (Phi) is 5.05. The lowest BCUT2D eigenvalue weighted by Crippen LogP contribution is -2.31. The lowest BCUT2D eigenvalue weighted by molar-refractivity contribution is 0.256. The van der Waals surface area contributed by atoms with Gasteiger partial charge >= 0.3 is 0 Å². The highest BCUT2D eigenvalue weighted by Gasteiger charge is 2.23. The summed E-state index contributed by atoms with van der Waals surface area (Å²) in [6, 6.07) is 11.2. The van der Waals surface area contributed by atoms with Crippen molar-refractivity contribution >= 4 is 16.7 Å². The number of nitrogens with one attached hydrogen (secondary N) is 1. The summed E-state index contributed by atoms with van der Waals surface area (Å²) in [5.41, 5.74) is 1.38. The molecule has 1 aliphatic heterocycles. The van der Waals surface area contributed by atoms with Crippen molar-refractivity contribution in [3.8, 4) is 0 Å². The maximum atomic E-state index is 4.58. The summed E-state index contributed by atoms with van der Waals surface area (Å²) < 4.78 is 4.42. The van der Waals surface area contributed by atoms with Crippen LogP contribution in [0.1, 0.15) is 50.0 Å². The van der Waals surface area contributed by atoms with E-state index in [-0.39, 0.29) is 0 Å². The Labute approximate surface area is 136 Å². The van der Waals surface area contributed by atoms with Crippen LogP contribution < -0.4 is 5.32 Å². The number of likely N-dealkylation sites (tertiary alicyclic amines) is 1. The molecule has 0 radical (unpaired) electrons. The fourth-order valence-electron chi connectivity index (χ4n) is 2.91. The zero-order valence-corrected chi connectivity index (χ0v) is 14.1. The molecule has 1 N–H and O–H groups in total. The van der Waals surface area contributed by atoms with E-state index >= 15 is 0 Å². The molecule has 1 saturated heterocycles. The van der Waals surface area contributed by atoms with Crippen LogP contribution in [0.5, 0.6) is 0 Å². The second-order valence-electron chi connectivity index (χ2n) is 6.16. The van der Waals surface area contributed by atoms with Crippen LogP contribution in [0.2, 0.25) is 0 Å². The number of benzene rings is 1. The Morgan fingerprint density at radius 1 is 1.18 bits per heavy atom. The van der Waals surface area contributed by atoms with Gasteiger partial charge in [0.25, 0.3) is 0 Å². The molecule has 2 heterocycles. The largest absolute Gasteiger partial charge is 0.358 e. The summed E-state index contributed by atoms with van der Waals surface area (Å²) >= 11 is 1.47. The molecule has 0 aliphatic carbocycles. The lowest BCUT2D eigenvalue weighted by Gasteiger charge is -2.28. The maximum absolute atomic E-state index is 4.58. The molecule has 0 amide bonds. The highest BCUT2D eigenvalue weighted by atomic mass is 32.1. The minimum Gasteiger partial charge on any atom is -0.358 e. The fraction of sp³-hybridized carbons (Fsp3) is 0.529. The van der Waals surface area contributed by atoms with Crippen molar-refractivity contribution in [1.82, 2.24) is 14.3 Å². The van der Waals surface area contributed by atoms with Gasteiger partial charge in [0.1, 0.15) is 5.82 Å². The number of rotatable bonds is 6. The second-order valence-corrected chi connectivity index (χ2v) is 6.91. The molecule has 2 aromatic rings. The van der Waals surface area contributed by atoms with E-state index in [9.17, 15) is 0 Å². The Hall–Kier alpha value is -1.46. The average Bonchev–Trinajstić information content (AvgIpc) is 3.20. The number of aromatic nitrogens is 2. The van der Waals surface area contributed by atoms with Gasteiger partial charge in [-0.2, -0.15) is 4.37 Å². The molecule has 0 spiro atoms. The van der Waals surface area contributed by atoms with Gasteiger partial charge in [0.2, 0.25) is 5.13 Å². The summed E-state index contributed by atoms with van der Waals surface area (Å²) in [6.07, 6.45) is 2.61. The first kappa shape index (κ1) is 15.4. The van der Waals surface area contributed by atoms with E-state index in [0.29, 0.717) is 12.0 Å². The summed E-state index contributed by atoms with van der Waals surface area (Å²) in [5.74, 6) is 1.32. The van der Waals surface area contributed by atoms with Gasteiger partial charge in [0, 0.05) is 24.0 Å². The predicted octanol–water partition coefficient (Wildman–Crippen LogP) is 3.91. The zero-order valence-electron chi connectivity index (χ0n) is 13.3. The molecule has 1 fully saturated rings. The molecule has 1 unspecified atom stereocenters. The van der Waals surface area contributed by atoms with Crippen molar-refractivity contribution in [2.75, 3.05) is 25.0 Å². The van der Waals surface area contributed by atoms with E-state index in [1.54, 1.807) is 0 Å². The molecule has 1 atom stereocenters. The Morgan fingerprint density at radius 3 is 2.55 bits per heavy atom. The Balaban J connectivity index is 1.69. The van der Waals surface area contributed by atoms with Crippen molar-refractivity contribution in [3.63, 3.8) is 0 Å². The van der Waals surface area contributed by atoms with Gasteiger partial charge in [-0.1, -0.05) is 44.2 Å².